The monoisotopic (exact) mass is 421 g/mol. The Hall–Kier alpha value is -1.96. The van der Waals surface area contributed by atoms with E-state index in [1.165, 1.54) is 11.6 Å². The van der Waals surface area contributed by atoms with Gasteiger partial charge in [0.05, 0.1) is 17.7 Å². The Bertz CT molecular complexity index is 779. The van der Waals surface area contributed by atoms with E-state index in [2.05, 4.69) is 32.1 Å². The van der Waals surface area contributed by atoms with Crippen molar-refractivity contribution >= 4 is 21.8 Å². The van der Waals surface area contributed by atoms with Gasteiger partial charge in [0.15, 0.2) is 5.84 Å². The topological polar surface area (TPSA) is 60.1 Å². The summed E-state index contributed by atoms with van der Waals surface area (Å²) in [5.41, 5.74) is 8.83. The van der Waals surface area contributed by atoms with Crippen LogP contribution in [-0.4, -0.2) is 37.0 Å². The van der Waals surface area contributed by atoms with E-state index in [0.29, 0.717) is 10.3 Å². The minimum Gasteiger partial charge on any atom is -0.389 e. The first-order valence-corrected chi connectivity index (χ1v) is 9.20. The molecule has 0 bridgehead atoms. The molecule has 0 amide bonds. The molecule has 1 heterocycles. The fourth-order valence-electron chi connectivity index (χ4n) is 2.70. The number of hydrogen-bond acceptors (Lipinski definition) is 4. The number of hydrogen-bond donors (Lipinski definition) is 1. The van der Waals surface area contributed by atoms with Crippen molar-refractivity contribution in [2.75, 3.05) is 26.3 Å². The van der Waals surface area contributed by atoms with Crippen molar-refractivity contribution in [1.82, 2.24) is 4.90 Å². The highest BCUT2D eigenvalue weighted by Crippen LogP contribution is 2.17. The van der Waals surface area contributed by atoms with E-state index in [1.807, 2.05) is 18.2 Å². The van der Waals surface area contributed by atoms with Crippen LogP contribution in [0.5, 0.6) is 0 Å². The minimum absolute atomic E-state index is 0.215. The fourth-order valence-corrected chi connectivity index (χ4v) is 3.13. The van der Waals surface area contributed by atoms with Gasteiger partial charge in [0, 0.05) is 25.2 Å². The Balaban J connectivity index is 1.59. The highest BCUT2D eigenvalue weighted by atomic mass is 79.9. The van der Waals surface area contributed by atoms with Gasteiger partial charge in [-0.1, -0.05) is 29.4 Å². The maximum absolute atomic E-state index is 13.2. The molecule has 2 N–H and O–H groups in total. The average Bonchev–Trinajstić information content (AvgIpc) is 2.65. The van der Waals surface area contributed by atoms with Gasteiger partial charge in [0.25, 0.3) is 0 Å². The summed E-state index contributed by atoms with van der Waals surface area (Å²) in [6, 6.07) is 12.6. The summed E-state index contributed by atoms with van der Waals surface area (Å²) in [5, 5.41) is 3.98. The first-order valence-electron chi connectivity index (χ1n) is 8.40. The molecule has 0 unspecified atom stereocenters. The summed E-state index contributed by atoms with van der Waals surface area (Å²) in [6.45, 7) is 4.49. The number of morpholine rings is 1. The van der Waals surface area contributed by atoms with Crippen LogP contribution in [0.25, 0.3) is 0 Å². The Morgan fingerprint density at radius 1 is 1.19 bits per heavy atom. The van der Waals surface area contributed by atoms with Crippen LogP contribution in [0, 0.1) is 5.82 Å². The van der Waals surface area contributed by atoms with E-state index in [1.54, 1.807) is 12.1 Å². The molecule has 0 radical (unpaired) electrons. The summed E-state index contributed by atoms with van der Waals surface area (Å²) in [7, 11) is 0. The fraction of sp³-hybridized carbons (Fsp3) is 0.316. The molecule has 5 nitrogen and oxygen atoms in total. The van der Waals surface area contributed by atoms with E-state index in [-0.39, 0.29) is 12.4 Å². The largest absolute Gasteiger partial charge is 0.389 e. The summed E-state index contributed by atoms with van der Waals surface area (Å²) in [4.78, 5) is 7.66. The van der Waals surface area contributed by atoms with Crippen LogP contribution in [0.2, 0.25) is 0 Å². The van der Waals surface area contributed by atoms with Crippen molar-refractivity contribution in [2.45, 2.75) is 13.2 Å². The second-order valence-electron chi connectivity index (χ2n) is 6.09. The van der Waals surface area contributed by atoms with Crippen LogP contribution < -0.4 is 5.73 Å². The molecule has 138 valence electrons. The molecular formula is C19H21BrFN3O2. The first kappa shape index (κ1) is 18.8. The zero-order valence-corrected chi connectivity index (χ0v) is 15.9. The highest BCUT2D eigenvalue weighted by molar-refractivity contribution is 9.10. The van der Waals surface area contributed by atoms with Gasteiger partial charge < -0.3 is 15.3 Å². The molecule has 3 rings (SSSR count). The Kier molecular flexibility index (Phi) is 6.60. The summed E-state index contributed by atoms with van der Waals surface area (Å²) < 4.78 is 19.0. The molecule has 0 aromatic heterocycles. The highest BCUT2D eigenvalue weighted by Gasteiger charge is 2.11. The van der Waals surface area contributed by atoms with Crippen LogP contribution in [0.4, 0.5) is 4.39 Å². The van der Waals surface area contributed by atoms with E-state index >= 15 is 0 Å². The zero-order valence-electron chi connectivity index (χ0n) is 14.3. The predicted octanol–water partition coefficient (Wildman–Crippen LogP) is 3.26. The van der Waals surface area contributed by atoms with Crippen LogP contribution in [0.15, 0.2) is 52.1 Å². The molecule has 1 fully saturated rings. The molecule has 2 aromatic carbocycles. The number of nitrogens with zero attached hydrogens (tertiary/aromatic N) is 2. The van der Waals surface area contributed by atoms with Gasteiger partial charge in [-0.3, -0.25) is 4.90 Å². The Morgan fingerprint density at radius 2 is 2.00 bits per heavy atom. The Labute approximate surface area is 160 Å². The molecule has 0 atom stereocenters. The molecule has 1 aliphatic heterocycles. The molecule has 2 aromatic rings. The lowest BCUT2D eigenvalue weighted by molar-refractivity contribution is 0.0342. The number of halogens is 2. The van der Waals surface area contributed by atoms with E-state index in [9.17, 15) is 4.39 Å². The number of benzene rings is 2. The summed E-state index contributed by atoms with van der Waals surface area (Å²) in [5.74, 6) is 0.00357. The maximum atomic E-state index is 13.2. The SMILES string of the molecule is N/C(=N/OCc1ccc(F)c(Br)c1)c1cccc(CN2CCOCC2)c1. The lowest BCUT2D eigenvalue weighted by Gasteiger charge is -2.26. The van der Waals surface area contributed by atoms with E-state index < -0.39 is 0 Å². The molecule has 0 aliphatic carbocycles. The third kappa shape index (κ3) is 5.27. The average molecular weight is 422 g/mol. The number of oxime groups is 1. The molecule has 0 saturated carbocycles. The molecule has 7 heteroatoms. The standard InChI is InChI=1S/C19H21BrFN3O2/c20-17-11-15(4-5-18(17)21)13-26-23-19(22)16-3-1-2-14(10-16)12-24-6-8-25-9-7-24/h1-5,10-11H,6-9,12-13H2,(H2,22,23). The van der Waals surface area contributed by atoms with Gasteiger partial charge in [-0.05, 0) is 45.3 Å². The van der Waals surface area contributed by atoms with Gasteiger partial charge >= 0.3 is 0 Å². The quantitative estimate of drug-likeness (QED) is 0.441. The van der Waals surface area contributed by atoms with Crippen molar-refractivity contribution in [2.24, 2.45) is 10.9 Å². The van der Waals surface area contributed by atoms with Crippen LogP contribution >= 0.6 is 15.9 Å². The molecule has 1 aliphatic rings. The summed E-state index contributed by atoms with van der Waals surface area (Å²) >= 11 is 3.15. The zero-order chi connectivity index (χ0) is 18.4. The van der Waals surface area contributed by atoms with Gasteiger partial charge in [-0.15, -0.1) is 0 Å². The smallest absolute Gasteiger partial charge is 0.170 e. The summed E-state index contributed by atoms with van der Waals surface area (Å²) in [6.07, 6.45) is 0. The third-order valence-electron chi connectivity index (χ3n) is 4.11. The van der Waals surface area contributed by atoms with Crippen LogP contribution in [-0.2, 0) is 22.7 Å². The van der Waals surface area contributed by atoms with Gasteiger partial charge in [0.1, 0.15) is 12.4 Å². The molecular weight excluding hydrogens is 401 g/mol. The number of nitrogens with two attached hydrogens (primary N) is 1. The lowest BCUT2D eigenvalue weighted by Crippen LogP contribution is -2.35. The minimum atomic E-state index is -0.311. The van der Waals surface area contributed by atoms with Crippen molar-refractivity contribution in [3.8, 4) is 0 Å². The van der Waals surface area contributed by atoms with E-state index in [0.717, 1.165) is 44.0 Å². The van der Waals surface area contributed by atoms with E-state index in [4.69, 9.17) is 15.3 Å². The molecule has 1 saturated heterocycles. The van der Waals surface area contributed by atoms with Crippen molar-refractivity contribution < 1.29 is 14.0 Å². The van der Waals surface area contributed by atoms with Crippen LogP contribution in [0.3, 0.4) is 0 Å². The van der Waals surface area contributed by atoms with Gasteiger partial charge in [-0.2, -0.15) is 0 Å². The van der Waals surface area contributed by atoms with Crippen molar-refractivity contribution in [3.05, 3.63) is 69.4 Å². The third-order valence-corrected chi connectivity index (χ3v) is 4.72. The maximum Gasteiger partial charge on any atom is 0.170 e. The second kappa shape index (κ2) is 9.12. The normalized spacial score (nSPS) is 15.8. The number of amidine groups is 1. The Morgan fingerprint density at radius 3 is 2.77 bits per heavy atom. The lowest BCUT2D eigenvalue weighted by atomic mass is 10.1. The van der Waals surface area contributed by atoms with Gasteiger partial charge in [-0.25, -0.2) is 4.39 Å². The first-order chi connectivity index (χ1) is 12.6. The molecule has 0 spiro atoms. The second-order valence-corrected chi connectivity index (χ2v) is 6.94. The van der Waals surface area contributed by atoms with Crippen molar-refractivity contribution in [3.63, 3.8) is 0 Å². The number of rotatable bonds is 6. The van der Waals surface area contributed by atoms with Crippen molar-refractivity contribution in [1.29, 1.82) is 0 Å². The molecule has 26 heavy (non-hydrogen) atoms. The number of ether oxygens (including phenoxy) is 1. The van der Waals surface area contributed by atoms with Gasteiger partial charge in [0.2, 0.25) is 0 Å². The predicted molar refractivity (Wildman–Crippen MR) is 102 cm³/mol. The van der Waals surface area contributed by atoms with Crippen LogP contribution in [0.1, 0.15) is 16.7 Å².